The summed E-state index contributed by atoms with van der Waals surface area (Å²) in [6.07, 6.45) is 10.0. The molecular formula is C32H39FN6O2. The molecule has 216 valence electrons. The second-order valence-electron chi connectivity index (χ2n) is 12.0. The molecule has 1 aromatic carbocycles. The van der Waals surface area contributed by atoms with Crippen LogP contribution in [-0.2, 0) is 29.5 Å². The minimum Gasteiger partial charge on any atom is -0.462 e. The number of carbonyl (C=O) groups is 1. The Bertz CT molecular complexity index is 1360. The third-order valence-corrected chi connectivity index (χ3v) is 9.69. The topological polar surface area (TPSA) is 85.6 Å². The number of aryl methyl sites for hydroxylation is 1. The monoisotopic (exact) mass is 558 g/mol. The molecule has 3 heterocycles. The third-order valence-electron chi connectivity index (χ3n) is 9.69. The molecule has 8 nitrogen and oxygen atoms in total. The Labute approximate surface area is 241 Å². The van der Waals surface area contributed by atoms with Crippen LogP contribution in [0.1, 0.15) is 54.5 Å². The first-order chi connectivity index (χ1) is 20.0. The zero-order valence-electron chi connectivity index (χ0n) is 23.9. The van der Waals surface area contributed by atoms with E-state index in [1.807, 2.05) is 0 Å². The minimum atomic E-state index is -0.687. The van der Waals surface area contributed by atoms with Crippen LogP contribution >= 0.6 is 0 Å². The van der Waals surface area contributed by atoms with Crippen LogP contribution in [0.2, 0.25) is 0 Å². The normalized spacial score (nSPS) is 25.9. The number of carbonyl (C=O) groups excluding carboxylic acids is 1. The summed E-state index contributed by atoms with van der Waals surface area (Å²) in [5, 5.41) is 9.55. The zero-order valence-corrected chi connectivity index (χ0v) is 23.9. The van der Waals surface area contributed by atoms with Gasteiger partial charge in [-0.25, -0.2) is 4.39 Å². The smallest absolute Gasteiger partial charge is 0.318 e. The predicted octanol–water partition coefficient (Wildman–Crippen LogP) is 3.78. The fourth-order valence-corrected chi connectivity index (χ4v) is 7.42. The molecule has 6 rings (SSSR count). The fourth-order valence-electron chi connectivity index (χ4n) is 7.42. The fraction of sp³-hybridized carbons (Fsp3) is 0.562. The Balaban J connectivity index is 1.31. The van der Waals surface area contributed by atoms with E-state index >= 15 is 0 Å². The van der Waals surface area contributed by atoms with Crippen molar-refractivity contribution in [2.45, 2.75) is 68.9 Å². The van der Waals surface area contributed by atoms with Crippen molar-refractivity contribution in [3.8, 4) is 12.1 Å². The summed E-state index contributed by atoms with van der Waals surface area (Å²) >= 11 is 0. The van der Waals surface area contributed by atoms with E-state index in [1.165, 1.54) is 29.7 Å². The first-order valence-electron chi connectivity index (χ1n) is 15.0. The van der Waals surface area contributed by atoms with Gasteiger partial charge in [-0.3, -0.25) is 4.79 Å². The van der Waals surface area contributed by atoms with Gasteiger partial charge in [0.05, 0.1) is 24.2 Å². The number of fused-ring (bicyclic) bond motifs is 3. The lowest BCUT2D eigenvalue weighted by Crippen LogP contribution is -2.55. The predicted molar refractivity (Wildman–Crippen MR) is 155 cm³/mol. The molecule has 9 heteroatoms. The molecule has 0 bridgehead atoms. The second kappa shape index (κ2) is 11.8. The number of hydrogen-bond donors (Lipinski definition) is 0. The van der Waals surface area contributed by atoms with Crippen LogP contribution in [-0.4, -0.2) is 84.3 Å². The number of nitrogens with zero attached hydrogens (tertiary/aromatic N) is 6. The molecule has 1 aromatic heterocycles. The van der Waals surface area contributed by atoms with Gasteiger partial charge in [-0.05, 0) is 75.7 Å². The molecule has 2 aliphatic carbocycles. The number of alkyl halides is 1. The van der Waals surface area contributed by atoms with Gasteiger partial charge in [0.15, 0.2) is 0 Å². The molecule has 2 fully saturated rings. The molecule has 1 amide bonds. The summed E-state index contributed by atoms with van der Waals surface area (Å²) in [5.41, 5.74) is 5.23. The number of halogens is 1. The van der Waals surface area contributed by atoms with Gasteiger partial charge in [-0.2, -0.15) is 15.2 Å². The molecule has 0 saturated carbocycles. The van der Waals surface area contributed by atoms with Gasteiger partial charge in [0.2, 0.25) is 5.91 Å². The van der Waals surface area contributed by atoms with Crippen LogP contribution in [0.4, 0.5) is 10.2 Å². The molecule has 0 N–H and O–H groups in total. The number of ether oxygens (including phenoxy) is 1. The third kappa shape index (κ3) is 5.42. The first-order valence-corrected chi connectivity index (χ1v) is 15.0. The maximum absolute atomic E-state index is 12.7. The van der Waals surface area contributed by atoms with Crippen LogP contribution < -0.4 is 9.64 Å². The Morgan fingerprint density at radius 3 is 2.85 bits per heavy atom. The van der Waals surface area contributed by atoms with Gasteiger partial charge in [-0.1, -0.05) is 24.3 Å². The molecule has 2 aromatic rings. The van der Waals surface area contributed by atoms with E-state index in [2.05, 4.69) is 47.2 Å². The van der Waals surface area contributed by atoms with Crippen molar-refractivity contribution >= 4 is 11.7 Å². The summed E-state index contributed by atoms with van der Waals surface area (Å²) in [5.74, 6) is 0.624. The Morgan fingerprint density at radius 1 is 1.20 bits per heavy atom. The lowest BCUT2D eigenvalue weighted by molar-refractivity contribution is -0.128. The van der Waals surface area contributed by atoms with E-state index in [0.29, 0.717) is 38.3 Å². The number of likely N-dealkylation sites (N-methyl/N-ethyl adjacent to an activating group) is 1. The van der Waals surface area contributed by atoms with Crippen molar-refractivity contribution in [3.05, 3.63) is 58.8 Å². The van der Waals surface area contributed by atoms with Gasteiger partial charge in [-0.15, -0.1) is 0 Å². The summed E-state index contributed by atoms with van der Waals surface area (Å²) in [6.45, 7) is 2.47. The number of aromatic nitrogens is 2. The number of anilines is 1. The largest absolute Gasteiger partial charge is 0.462 e. The number of hydrogen-bond acceptors (Lipinski definition) is 7. The van der Waals surface area contributed by atoms with E-state index in [1.54, 1.807) is 4.90 Å². The van der Waals surface area contributed by atoms with Crippen LogP contribution in [0.25, 0.3) is 0 Å². The average Bonchev–Trinajstić information content (AvgIpc) is 3.57. The summed E-state index contributed by atoms with van der Waals surface area (Å²) in [6, 6.07) is 11.6. The molecule has 41 heavy (non-hydrogen) atoms. The number of allylic oxidation sites excluding steroid dienone is 1. The van der Waals surface area contributed by atoms with Crippen molar-refractivity contribution in [2.24, 2.45) is 0 Å². The number of nitriles is 1. The van der Waals surface area contributed by atoms with Crippen molar-refractivity contribution in [3.63, 3.8) is 0 Å². The highest BCUT2D eigenvalue weighted by Gasteiger charge is 2.43. The quantitative estimate of drug-likeness (QED) is 0.478. The number of rotatable bonds is 7. The van der Waals surface area contributed by atoms with Crippen LogP contribution in [0.5, 0.6) is 6.01 Å². The molecule has 0 unspecified atom stereocenters. The maximum atomic E-state index is 12.7. The molecule has 3 atom stereocenters. The summed E-state index contributed by atoms with van der Waals surface area (Å²) in [7, 11) is 2.14. The van der Waals surface area contributed by atoms with Crippen molar-refractivity contribution in [2.75, 3.05) is 51.4 Å². The van der Waals surface area contributed by atoms with E-state index in [4.69, 9.17) is 14.7 Å². The zero-order chi connectivity index (χ0) is 28.4. The number of piperazine rings is 1. The van der Waals surface area contributed by atoms with E-state index in [9.17, 15) is 14.4 Å². The van der Waals surface area contributed by atoms with Gasteiger partial charge < -0.3 is 19.4 Å². The Kier molecular flexibility index (Phi) is 7.94. The van der Waals surface area contributed by atoms with Crippen LogP contribution in [0.15, 0.2) is 36.4 Å². The molecular weight excluding hydrogens is 519 g/mol. The van der Waals surface area contributed by atoms with Gasteiger partial charge in [0, 0.05) is 42.7 Å². The molecule has 2 saturated heterocycles. The lowest BCUT2D eigenvalue weighted by atomic mass is 9.69. The maximum Gasteiger partial charge on any atom is 0.318 e. The highest BCUT2D eigenvalue weighted by molar-refractivity contribution is 5.88. The van der Waals surface area contributed by atoms with Gasteiger partial charge in [0.1, 0.15) is 19.1 Å². The van der Waals surface area contributed by atoms with Crippen molar-refractivity contribution in [1.29, 1.82) is 5.26 Å². The highest BCUT2D eigenvalue weighted by Crippen LogP contribution is 2.48. The van der Waals surface area contributed by atoms with Crippen LogP contribution in [0.3, 0.4) is 0 Å². The SMILES string of the molecule is CN1CCC[C@H]1COc1nc2c(c(N3CCN(C(=O)/C=C/CF)[C@@H](CC#N)C3)n1)CC[C@@]1(CCc3ccccc31)C2. The van der Waals surface area contributed by atoms with E-state index in [-0.39, 0.29) is 23.8 Å². The summed E-state index contributed by atoms with van der Waals surface area (Å²) in [4.78, 5) is 29.0. The van der Waals surface area contributed by atoms with Crippen LogP contribution in [0, 0.1) is 11.3 Å². The molecule has 4 aliphatic rings. The Hall–Kier alpha value is -3.51. The first kappa shape index (κ1) is 27.6. The standard InChI is InChI=1S/C32H39FN6O2/c1-37-17-5-7-25(37)22-41-31-35-28-20-32(13-10-23-6-2-3-8-27(23)32)14-11-26(28)30(36-31)38-18-19-39(24(21-38)12-16-34)29(40)9-4-15-33/h2-4,6,8-9,24-25H,5,7,10-15,17-22H2,1H3/b9-4+/t24-,25-,32-/m0/s1. The molecule has 2 aliphatic heterocycles. The molecule has 0 radical (unpaired) electrons. The Morgan fingerprint density at radius 2 is 2.05 bits per heavy atom. The lowest BCUT2D eigenvalue weighted by Gasteiger charge is -2.42. The van der Waals surface area contributed by atoms with Gasteiger partial charge >= 0.3 is 6.01 Å². The van der Waals surface area contributed by atoms with E-state index < -0.39 is 6.67 Å². The average molecular weight is 559 g/mol. The van der Waals surface area contributed by atoms with Crippen molar-refractivity contribution < 1.29 is 13.9 Å². The highest BCUT2D eigenvalue weighted by atomic mass is 19.1. The minimum absolute atomic E-state index is 0.0926. The van der Waals surface area contributed by atoms with Crippen molar-refractivity contribution in [1.82, 2.24) is 19.8 Å². The molecule has 1 spiro atoms. The summed E-state index contributed by atoms with van der Waals surface area (Å²) < 4.78 is 19.0. The number of benzene rings is 1. The number of likely N-dealkylation sites (tertiary alicyclic amines) is 1. The second-order valence-corrected chi connectivity index (χ2v) is 12.0. The van der Waals surface area contributed by atoms with Gasteiger partial charge in [0.25, 0.3) is 0 Å². The number of amides is 1. The van der Waals surface area contributed by atoms with E-state index in [0.717, 1.165) is 62.1 Å².